The number of aliphatic imine (C=N–C) groups is 1. The molecule has 2 aromatic carbocycles. The van der Waals surface area contributed by atoms with Crippen molar-refractivity contribution in [3.8, 4) is 0 Å². The summed E-state index contributed by atoms with van der Waals surface area (Å²) < 4.78 is 5.43. The quantitative estimate of drug-likeness (QED) is 0.386. The summed E-state index contributed by atoms with van der Waals surface area (Å²) in [5.74, 6) is 1.29. The van der Waals surface area contributed by atoms with Crippen LogP contribution in [-0.2, 0) is 0 Å². The van der Waals surface area contributed by atoms with Crippen LogP contribution in [-0.4, -0.2) is 17.5 Å². The van der Waals surface area contributed by atoms with Gasteiger partial charge in [0.25, 0.3) is 0 Å². The minimum atomic E-state index is -0.0832. The minimum Gasteiger partial charge on any atom is -0.464 e. The van der Waals surface area contributed by atoms with E-state index in [-0.39, 0.29) is 5.43 Å². The molecule has 0 fully saturated rings. The number of rotatable bonds is 3. The normalized spacial score (nSPS) is 13.2. The lowest BCUT2D eigenvalue weighted by Gasteiger charge is -2.29. The summed E-state index contributed by atoms with van der Waals surface area (Å²) >= 11 is 1.59. The van der Waals surface area contributed by atoms with Gasteiger partial charge in [-0.3, -0.25) is 4.79 Å². The lowest BCUT2D eigenvalue weighted by Crippen LogP contribution is -2.28. The molecule has 0 bridgehead atoms. The van der Waals surface area contributed by atoms with Gasteiger partial charge in [0.1, 0.15) is 23.9 Å². The van der Waals surface area contributed by atoms with E-state index in [4.69, 9.17) is 10.2 Å². The number of benzene rings is 2. The van der Waals surface area contributed by atoms with Gasteiger partial charge in [-0.05, 0) is 48.2 Å². The van der Waals surface area contributed by atoms with Gasteiger partial charge in [0.15, 0.2) is 5.43 Å². The number of thiophene rings is 1. The average Bonchev–Trinajstić information content (AvgIpc) is 3.32. The van der Waals surface area contributed by atoms with Gasteiger partial charge in [0.2, 0.25) is 0 Å². The van der Waals surface area contributed by atoms with Crippen LogP contribution in [0.3, 0.4) is 0 Å². The molecular formula is C25H19N5O2S. The number of nitrogens with zero attached hydrogens (tertiary/aromatic N) is 3. The Labute approximate surface area is 192 Å². The van der Waals surface area contributed by atoms with E-state index in [1.54, 1.807) is 29.7 Å². The first-order valence-corrected chi connectivity index (χ1v) is 11.3. The predicted molar refractivity (Wildman–Crippen MR) is 134 cm³/mol. The smallest absolute Gasteiger partial charge is 0.192 e. The highest BCUT2D eigenvalue weighted by Gasteiger charge is 2.24. The maximum Gasteiger partial charge on any atom is 0.192 e. The molecule has 7 nitrogen and oxygen atoms in total. The molecule has 0 radical (unpaired) electrons. The summed E-state index contributed by atoms with van der Waals surface area (Å²) in [4.78, 5) is 24.5. The van der Waals surface area contributed by atoms with Gasteiger partial charge in [0, 0.05) is 28.7 Å². The Morgan fingerprint density at radius 3 is 2.91 bits per heavy atom. The molecule has 6 rings (SSSR count). The lowest BCUT2D eigenvalue weighted by atomic mass is 10.0. The van der Waals surface area contributed by atoms with E-state index in [0.717, 1.165) is 38.3 Å². The van der Waals surface area contributed by atoms with E-state index in [1.165, 1.54) is 12.3 Å². The van der Waals surface area contributed by atoms with E-state index >= 15 is 0 Å². The molecule has 0 saturated heterocycles. The standard InChI is InChI=1S/C25H19N5O2S/c1-14-2-4-17-16(22(14)30-13-28-24(26)23-19(30)8-11-33-23)6-9-27-25(17)29-15-3-5-21-18(12-15)20(31)7-10-32-21/h2-12H,13H2,1H3,(H2,26,28)(H,27,29). The molecule has 3 N–H and O–H groups in total. The van der Waals surface area contributed by atoms with Gasteiger partial charge in [-0.25, -0.2) is 9.98 Å². The van der Waals surface area contributed by atoms with Crippen molar-refractivity contribution in [2.24, 2.45) is 10.7 Å². The van der Waals surface area contributed by atoms with Gasteiger partial charge < -0.3 is 20.4 Å². The Kier molecular flexibility index (Phi) is 4.41. The highest BCUT2D eigenvalue weighted by Crippen LogP contribution is 2.41. The highest BCUT2D eigenvalue weighted by molar-refractivity contribution is 7.12. The number of pyridine rings is 1. The summed E-state index contributed by atoms with van der Waals surface area (Å²) in [6, 6.07) is 15.1. The van der Waals surface area contributed by atoms with Crippen molar-refractivity contribution >= 4 is 61.8 Å². The second-order valence-electron chi connectivity index (χ2n) is 7.85. The van der Waals surface area contributed by atoms with Crippen LogP contribution < -0.4 is 21.4 Å². The zero-order valence-corrected chi connectivity index (χ0v) is 18.5. The van der Waals surface area contributed by atoms with Crippen molar-refractivity contribution in [1.82, 2.24) is 4.98 Å². The van der Waals surface area contributed by atoms with Gasteiger partial charge in [-0.2, -0.15) is 0 Å². The number of aromatic nitrogens is 1. The van der Waals surface area contributed by atoms with Crippen molar-refractivity contribution in [2.45, 2.75) is 6.92 Å². The maximum atomic E-state index is 12.2. The first kappa shape index (κ1) is 19.5. The molecule has 0 spiro atoms. The molecule has 162 valence electrons. The predicted octanol–water partition coefficient (Wildman–Crippen LogP) is 5.27. The Hall–Kier alpha value is -4.17. The SMILES string of the molecule is Cc1ccc2c(Nc3ccc4occc(=O)c4c3)nccc2c1N1CN=C(N)c2sccc21. The lowest BCUT2D eigenvalue weighted by molar-refractivity contribution is 0.602. The third kappa shape index (κ3) is 3.15. The minimum absolute atomic E-state index is 0.0832. The molecule has 33 heavy (non-hydrogen) atoms. The van der Waals surface area contributed by atoms with Crippen LogP contribution in [0.4, 0.5) is 22.9 Å². The van der Waals surface area contributed by atoms with E-state index in [9.17, 15) is 4.79 Å². The molecule has 0 amide bonds. The van der Waals surface area contributed by atoms with Crippen LogP contribution in [0.25, 0.3) is 21.7 Å². The van der Waals surface area contributed by atoms with Gasteiger partial charge in [0.05, 0.1) is 27.9 Å². The van der Waals surface area contributed by atoms with Gasteiger partial charge >= 0.3 is 0 Å². The van der Waals surface area contributed by atoms with Crippen LogP contribution in [0, 0.1) is 6.92 Å². The molecule has 4 heterocycles. The highest BCUT2D eigenvalue weighted by atomic mass is 32.1. The fourth-order valence-electron chi connectivity index (χ4n) is 4.30. The number of aryl methyl sites for hydroxylation is 1. The van der Waals surface area contributed by atoms with Crippen LogP contribution in [0.1, 0.15) is 10.4 Å². The zero-order chi connectivity index (χ0) is 22.5. The Bertz CT molecular complexity index is 1640. The molecule has 1 aliphatic rings. The number of hydrogen-bond donors (Lipinski definition) is 2. The zero-order valence-electron chi connectivity index (χ0n) is 17.7. The first-order valence-electron chi connectivity index (χ1n) is 10.4. The number of nitrogens with two attached hydrogens (primary N) is 1. The second kappa shape index (κ2) is 7.46. The molecular weight excluding hydrogens is 434 g/mol. The molecule has 0 saturated carbocycles. The molecule has 0 unspecified atom stereocenters. The van der Waals surface area contributed by atoms with Gasteiger partial charge in [-0.15, -0.1) is 11.3 Å². The summed E-state index contributed by atoms with van der Waals surface area (Å²) in [5, 5.41) is 7.97. The van der Waals surface area contributed by atoms with E-state index in [1.807, 2.05) is 17.5 Å². The van der Waals surface area contributed by atoms with Crippen molar-refractivity contribution in [3.05, 3.63) is 87.0 Å². The summed E-state index contributed by atoms with van der Waals surface area (Å²) in [5.41, 5.74) is 10.6. The molecule has 1 aliphatic heterocycles. The van der Waals surface area contributed by atoms with E-state index in [2.05, 4.69) is 45.3 Å². The number of amidine groups is 1. The summed E-state index contributed by atoms with van der Waals surface area (Å²) in [6.07, 6.45) is 3.20. The maximum absolute atomic E-state index is 12.2. The number of fused-ring (bicyclic) bond motifs is 3. The third-order valence-corrected chi connectivity index (χ3v) is 6.79. The molecule has 0 aliphatic carbocycles. The second-order valence-corrected chi connectivity index (χ2v) is 8.77. The summed E-state index contributed by atoms with van der Waals surface area (Å²) in [7, 11) is 0. The van der Waals surface area contributed by atoms with Crippen LogP contribution in [0.15, 0.2) is 80.6 Å². The number of hydrogen-bond acceptors (Lipinski definition) is 8. The molecule has 3 aromatic heterocycles. The van der Waals surface area contributed by atoms with Gasteiger partial charge in [-0.1, -0.05) is 12.1 Å². The van der Waals surface area contributed by atoms with E-state index < -0.39 is 0 Å². The van der Waals surface area contributed by atoms with Crippen LogP contribution in [0.2, 0.25) is 0 Å². The van der Waals surface area contributed by atoms with Crippen molar-refractivity contribution in [3.63, 3.8) is 0 Å². The third-order valence-electron chi connectivity index (χ3n) is 5.86. The molecule has 5 aromatic rings. The summed E-state index contributed by atoms with van der Waals surface area (Å²) in [6.45, 7) is 2.56. The van der Waals surface area contributed by atoms with Crippen molar-refractivity contribution < 1.29 is 4.42 Å². The monoisotopic (exact) mass is 453 g/mol. The number of nitrogens with one attached hydrogen (secondary N) is 1. The largest absolute Gasteiger partial charge is 0.464 e. The molecule has 8 heteroatoms. The van der Waals surface area contributed by atoms with Crippen molar-refractivity contribution in [2.75, 3.05) is 16.9 Å². The topological polar surface area (TPSA) is 96.8 Å². The Balaban J connectivity index is 1.47. The first-order chi connectivity index (χ1) is 16.1. The van der Waals surface area contributed by atoms with Crippen LogP contribution >= 0.6 is 11.3 Å². The number of anilines is 4. The van der Waals surface area contributed by atoms with E-state index in [0.29, 0.717) is 29.3 Å². The Morgan fingerprint density at radius 2 is 2.00 bits per heavy atom. The molecule has 0 atom stereocenters. The average molecular weight is 454 g/mol. The Morgan fingerprint density at radius 1 is 1.09 bits per heavy atom. The van der Waals surface area contributed by atoms with Crippen molar-refractivity contribution in [1.29, 1.82) is 0 Å². The fraction of sp³-hybridized carbons (Fsp3) is 0.0800. The fourth-order valence-corrected chi connectivity index (χ4v) is 5.11. The van der Waals surface area contributed by atoms with Crippen LogP contribution in [0.5, 0.6) is 0 Å².